The molecule has 74 heavy (non-hydrogen) atoms. The van der Waals surface area contributed by atoms with E-state index in [-0.39, 0.29) is 77.4 Å². The molecule has 1 aromatic rings. The summed E-state index contributed by atoms with van der Waals surface area (Å²) in [7, 11) is -4.92. The fourth-order valence-corrected chi connectivity index (χ4v) is 7.51. The normalized spacial score (nSPS) is 19.5. The smallest absolute Gasteiger partial charge is 0.335 e. The number of nitrogens with one attached hydrogen (secondary N) is 8. The van der Waals surface area contributed by atoms with Crippen LogP contribution in [0.1, 0.15) is 81.0 Å². The maximum absolute atomic E-state index is 13.9. The van der Waals surface area contributed by atoms with Crippen LogP contribution in [-0.4, -0.2) is 195 Å². The van der Waals surface area contributed by atoms with Gasteiger partial charge in [-0.1, -0.05) is 6.42 Å². The van der Waals surface area contributed by atoms with Crippen molar-refractivity contribution in [1.29, 1.82) is 0 Å². The van der Waals surface area contributed by atoms with Crippen LogP contribution in [0.4, 0.5) is 0 Å². The second-order valence-electron chi connectivity index (χ2n) is 16.8. The number of aliphatic hydroxyl groups is 3. The van der Waals surface area contributed by atoms with E-state index in [2.05, 4.69) is 31.9 Å². The van der Waals surface area contributed by atoms with Gasteiger partial charge in [-0.05, 0) is 70.0 Å². The van der Waals surface area contributed by atoms with E-state index in [4.69, 9.17) is 21.8 Å². The van der Waals surface area contributed by atoms with Crippen LogP contribution in [0.15, 0.2) is 17.0 Å². The lowest BCUT2D eigenvalue weighted by molar-refractivity contribution is -0.153. The summed E-state index contributed by atoms with van der Waals surface area (Å²) in [5.74, 6) is -17.1. The fraction of sp³-hybridized carbons (Fsp3) is 0.585. The Morgan fingerprint density at radius 3 is 2.08 bits per heavy atom. The molecule has 414 valence electrons. The van der Waals surface area contributed by atoms with E-state index in [0.717, 1.165) is 6.07 Å². The molecular weight excluding hydrogens is 1010 g/mol. The Hall–Kier alpha value is -7.30. The first-order valence-corrected chi connectivity index (χ1v) is 24.1. The lowest BCUT2D eigenvalue weighted by Crippen LogP contribution is -2.63. The van der Waals surface area contributed by atoms with Crippen LogP contribution < -0.4 is 59.7 Å². The van der Waals surface area contributed by atoms with Crippen LogP contribution in [0.2, 0.25) is 0 Å². The highest BCUT2D eigenvalue weighted by atomic mass is 32.2. The van der Waals surface area contributed by atoms with E-state index in [1.165, 1.54) is 0 Å². The van der Waals surface area contributed by atoms with Crippen molar-refractivity contribution in [1.82, 2.24) is 42.5 Å². The van der Waals surface area contributed by atoms with Crippen molar-refractivity contribution in [2.45, 2.75) is 130 Å². The number of hydrogen-bond acceptors (Lipinski definition) is 20. The molecular formula is C41H63N11O21S. The van der Waals surface area contributed by atoms with Crippen molar-refractivity contribution in [3.8, 4) is 11.5 Å². The number of amides is 9. The number of carbonyl (C=O) groups excluding carboxylic acids is 9. The molecule has 0 unspecified atom stereocenters. The number of phenolic OH excluding ortho intramolecular Hbond substituents is 2. The van der Waals surface area contributed by atoms with Crippen LogP contribution in [0.5, 0.6) is 11.5 Å². The summed E-state index contributed by atoms with van der Waals surface area (Å²) < 4.78 is 31.8. The molecule has 0 aromatic heterocycles. The van der Waals surface area contributed by atoms with E-state index in [1.807, 2.05) is 10.6 Å². The topological polar surface area (TPSA) is 558 Å². The average molecular weight is 1080 g/mol. The monoisotopic (exact) mass is 1080 g/mol. The highest BCUT2D eigenvalue weighted by Gasteiger charge is 2.40. The first-order chi connectivity index (χ1) is 34.6. The predicted octanol–water partition coefficient (Wildman–Crippen LogP) is -7.94. The highest BCUT2D eigenvalue weighted by molar-refractivity contribution is 7.86. The van der Waals surface area contributed by atoms with Crippen LogP contribution in [-0.2, 0) is 58.1 Å². The minimum atomic E-state index is -4.92. The number of rotatable bonds is 25. The third-order valence-corrected chi connectivity index (χ3v) is 11.9. The molecule has 0 saturated carbocycles. The molecule has 1 aromatic carbocycles. The van der Waals surface area contributed by atoms with Crippen LogP contribution in [0.3, 0.4) is 0 Å². The van der Waals surface area contributed by atoms with Gasteiger partial charge in [0.2, 0.25) is 47.3 Å². The molecule has 1 fully saturated rings. The number of aromatic hydroxyl groups is 2. The standard InChI is InChI=1S/C41H63N11O21S/c42-12-4-1-8-21-36(63)51-28(32(59)40(67)68)38(65)47-17-27(56)45-13-6-3-9-20(35(62)49-21)50-39(66)29(33(60)41(69)70)52-37(64)22(15-25(44)54)48-26(55)16-23(53)19(43)7-2-5-14-46-34(61)18-10-11-24(74(71,72)73)31(58)30(18)57/h10-11,19-23,28-29,32-33,53,57-60H,1-9,12-17,42-43H2,(H2,44,54)(H,45,56)(H,46,61)(H,47,65)(H,48,55)(H,49,62)(H,50,66)(H,51,63)(H,52,64)(H,67,68)(H,69,70)(H,71,72,73)/t19-,20-,21-,22+,23-,28-,29-,32-,33+/m1/s1. The van der Waals surface area contributed by atoms with Crippen LogP contribution >= 0.6 is 0 Å². The number of benzene rings is 1. The fourth-order valence-electron chi connectivity index (χ4n) is 6.93. The molecule has 0 bridgehead atoms. The summed E-state index contributed by atoms with van der Waals surface area (Å²) in [6.45, 7) is -0.753. The predicted molar refractivity (Wildman–Crippen MR) is 248 cm³/mol. The molecule has 0 spiro atoms. The largest absolute Gasteiger partial charge is 0.504 e. The zero-order valence-corrected chi connectivity index (χ0v) is 40.3. The Morgan fingerprint density at radius 1 is 0.797 bits per heavy atom. The van der Waals surface area contributed by atoms with Crippen molar-refractivity contribution in [3.63, 3.8) is 0 Å². The van der Waals surface area contributed by atoms with Gasteiger partial charge in [0.25, 0.3) is 16.0 Å². The van der Waals surface area contributed by atoms with Gasteiger partial charge in [0.15, 0.2) is 23.7 Å². The number of aliphatic hydroxyl groups excluding tert-OH is 3. The number of carboxylic acid groups (broad SMARTS) is 2. The number of carbonyl (C=O) groups is 11. The van der Waals surface area contributed by atoms with E-state index in [1.54, 1.807) is 0 Å². The number of unbranched alkanes of at least 4 members (excludes halogenated alkanes) is 2. The molecule has 2 rings (SSSR count). The molecule has 1 saturated heterocycles. The molecule has 0 aliphatic carbocycles. The maximum atomic E-state index is 13.9. The van der Waals surface area contributed by atoms with Crippen LogP contribution in [0.25, 0.3) is 0 Å². The summed E-state index contributed by atoms with van der Waals surface area (Å²) in [6, 6.07) is -9.61. The second-order valence-corrected chi connectivity index (χ2v) is 18.2. The number of hydrogen-bond donors (Lipinski definition) is 19. The van der Waals surface area contributed by atoms with Gasteiger partial charge in [-0.3, -0.25) is 47.7 Å². The van der Waals surface area contributed by atoms with E-state index < -0.39 is 171 Å². The van der Waals surface area contributed by atoms with Crippen molar-refractivity contribution in [3.05, 3.63) is 17.7 Å². The molecule has 1 aliphatic heterocycles. The highest BCUT2D eigenvalue weighted by Crippen LogP contribution is 2.35. The molecule has 0 radical (unpaired) electrons. The van der Waals surface area contributed by atoms with E-state index in [0.29, 0.717) is 6.07 Å². The number of primary amides is 1. The zero-order chi connectivity index (χ0) is 56.0. The first-order valence-electron chi connectivity index (χ1n) is 22.7. The Bertz CT molecular complexity index is 2340. The summed E-state index contributed by atoms with van der Waals surface area (Å²) in [5, 5.41) is 88.0. The van der Waals surface area contributed by atoms with Gasteiger partial charge in [0, 0.05) is 19.1 Å². The maximum Gasteiger partial charge on any atom is 0.335 e. The number of nitrogens with two attached hydrogens (primary N) is 3. The minimum Gasteiger partial charge on any atom is -0.504 e. The lowest BCUT2D eigenvalue weighted by atomic mass is 10.0. The van der Waals surface area contributed by atoms with Crippen molar-refractivity contribution in [2.24, 2.45) is 17.2 Å². The molecule has 33 heteroatoms. The lowest BCUT2D eigenvalue weighted by Gasteiger charge is -2.28. The van der Waals surface area contributed by atoms with Crippen molar-refractivity contribution >= 4 is 75.2 Å². The van der Waals surface area contributed by atoms with Gasteiger partial charge >= 0.3 is 11.9 Å². The Balaban J connectivity index is 2.23. The molecule has 1 aliphatic rings. The van der Waals surface area contributed by atoms with Gasteiger partial charge in [-0.2, -0.15) is 8.42 Å². The van der Waals surface area contributed by atoms with Gasteiger partial charge in [-0.15, -0.1) is 0 Å². The first kappa shape index (κ1) is 62.8. The second kappa shape index (κ2) is 30.0. The quantitative estimate of drug-likeness (QED) is 0.0246. The Morgan fingerprint density at radius 2 is 1.47 bits per heavy atom. The molecule has 22 N–H and O–H groups in total. The molecule has 32 nitrogen and oxygen atoms in total. The molecule has 9 amide bonds. The van der Waals surface area contributed by atoms with E-state index >= 15 is 0 Å². The summed E-state index contributed by atoms with van der Waals surface area (Å²) in [6.07, 6.45) is -8.33. The number of aliphatic carboxylic acids is 2. The third kappa shape index (κ3) is 20.3. The number of phenols is 2. The molecule has 9 atom stereocenters. The van der Waals surface area contributed by atoms with Crippen molar-refractivity contribution in [2.75, 3.05) is 26.2 Å². The summed E-state index contributed by atoms with van der Waals surface area (Å²) >= 11 is 0. The SMILES string of the molecule is NCCCC[C@H]1NC(=O)[C@H](NC(=O)[C@H](NC(=O)[C@H](CC(N)=O)NC(=O)C[C@@H](O)[C@H](N)CCCCNC(=O)c2ccc(S(=O)(=O)O)c(O)c2O)[C@H](O)C(=O)O)CCCCNC(=O)CNC(=O)[C@@H]([C@@H](O)C(=O)O)NC1=O. The number of carboxylic acids is 2. The Kier molecular flexibility index (Phi) is 25.5. The summed E-state index contributed by atoms with van der Waals surface area (Å²) in [4.78, 5) is 140. The average Bonchev–Trinajstić information content (AvgIpc) is 3.31. The van der Waals surface area contributed by atoms with Gasteiger partial charge < -0.3 is 95.5 Å². The summed E-state index contributed by atoms with van der Waals surface area (Å²) in [5.41, 5.74) is 16.3. The van der Waals surface area contributed by atoms with Crippen LogP contribution in [0, 0.1) is 0 Å². The zero-order valence-electron chi connectivity index (χ0n) is 39.5. The van der Waals surface area contributed by atoms with Gasteiger partial charge in [0.1, 0.15) is 35.1 Å². The third-order valence-electron chi connectivity index (χ3n) is 11.0. The Labute approximate surface area is 421 Å². The van der Waals surface area contributed by atoms with E-state index in [9.17, 15) is 96.9 Å². The van der Waals surface area contributed by atoms with Crippen molar-refractivity contribution < 1.29 is 101 Å². The molecule has 1 heterocycles. The van der Waals surface area contributed by atoms with Gasteiger partial charge in [0.05, 0.1) is 31.1 Å². The van der Waals surface area contributed by atoms with Gasteiger partial charge in [-0.25, -0.2) is 9.59 Å². The minimum absolute atomic E-state index is 0.0148.